The number of halogens is 6. The van der Waals surface area contributed by atoms with Crippen LogP contribution in [0.25, 0.3) is 0 Å². The first-order valence-corrected chi connectivity index (χ1v) is 11.9. The van der Waals surface area contributed by atoms with E-state index in [-0.39, 0.29) is 38.3 Å². The topological polar surface area (TPSA) is 81.4 Å². The number of nitrogens with zero attached hydrogens (tertiary/aromatic N) is 2. The number of aromatic nitrogens is 2. The maximum Gasteiger partial charge on any atom is 0.435 e. The molecule has 0 radical (unpaired) electrons. The van der Waals surface area contributed by atoms with Crippen LogP contribution in [0.5, 0.6) is 0 Å². The lowest BCUT2D eigenvalue weighted by Crippen LogP contribution is -2.42. The van der Waals surface area contributed by atoms with Crippen LogP contribution in [0, 0.1) is 5.92 Å². The molecule has 190 valence electrons. The van der Waals surface area contributed by atoms with Crippen molar-refractivity contribution in [2.45, 2.75) is 61.3 Å². The lowest BCUT2D eigenvalue weighted by Gasteiger charge is -2.38. The Bertz CT molecular complexity index is 1130. The number of aliphatic hydroxyl groups excluding tert-OH is 1. The second kappa shape index (κ2) is 9.15. The predicted molar refractivity (Wildman–Crippen MR) is 108 cm³/mol. The van der Waals surface area contributed by atoms with Crippen molar-refractivity contribution in [1.29, 1.82) is 0 Å². The molecule has 0 bridgehead atoms. The van der Waals surface area contributed by atoms with Gasteiger partial charge in [-0.15, -0.1) is 0 Å². The maximum absolute atomic E-state index is 13.4. The summed E-state index contributed by atoms with van der Waals surface area (Å²) in [5.41, 5.74) is -2.33. The maximum atomic E-state index is 13.4. The summed E-state index contributed by atoms with van der Waals surface area (Å²) >= 11 is 0. The minimum absolute atomic E-state index is 0.0159. The van der Waals surface area contributed by atoms with Gasteiger partial charge in [-0.25, -0.2) is 8.42 Å². The van der Waals surface area contributed by atoms with Gasteiger partial charge in [0, 0.05) is 19.8 Å². The van der Waals surface area contributed by atoms with Gasteiger partial charge < -0.3 is 9.84 Å². The van der Waals surface area contributed by atoms with Gasteiger partial charge in [-0.05, 0) is 49.9 Å². The van der Waals surface area contributed by atoms with E-state index in [1.165, 1.54) is 6.92 Å². The van der Waals surface area contributed by atoms with Crippen LogP contribution in [0.1, 0.15) is 49.7 Å². The number of alkyl halides is 6. The van der Waals surface area contributed by atoms with E-state index in [0.717, 1.165) is 28.9 Å². The van der Waals surface area contributed by atoms with Crippen LogP contribution in [0.2, 0.25) is 0 Å². The van der Waals surface area contributed by atoms with Gasteiger partial charge in [0.25, 0.3) is 0 Å². The fraction of sp³-hybridized carbons (Fsp3) is 0.571. The summed E-state index contributed by atoms with van der Waals surface area (Å²) in [5, 5.41) is 12.9. The Morgan fingerprint density at radius 2 is 1.88 bits per heavy atom. The van der Waals surface area contributed by atoms with Gasteiger partial charge >= 0.3 is 12.4 Å². The minimum Gasteiger partial charge on any atom is -0.396 e. The van der Waals surface area contributed by atoms with Gasteiger partial charge in [-0.3, -0.25) is 4.68 Å². The fourth-order valence-corrected chi connectivity index (χ4v) is 5.69. The van der Waals surface area contributed by atoms with Crippen LogP contribution in [-0.4, -0.2) is 41.3 Å². The molecule has 1 aromatic heterocycles. The average molecular weight is 514 g/mol. The van der Waals surface area contributed by atoms with Crippen molar-refractivity contribution in [3.05, 3.63) is 47.3 Å². The molecule has 0 amide bonds. The first-order valence-electron chi connectivity index (χ1n) is 10.4. The number of hydrogen-bond acceptors (Lipinski definition) is 5. The Hall–Kier alpha value is -2.12. The third kappa shape index (κ3) is 5.25. The highest BCUT2D eigenvalue weighted by atomic mass is 32.2. The van der Waals surface area contributed by atoms with Crippen molar-refractivity contribution >= 4 is 9.84 Å². The zero-order valence-electron chi connectivity index (χ0n) is 18.3. The second-order valence-electron chi connectivity index (χ2n) is 8.71. The minimum atomic E-state index is -4.76. The van der Waals surface area contributed by atoms with Crippen LogP contribution < -0.4 is 0 Å². The molecule has 34 heavy (non-hydrogen) atoms. The first kappa shape index (κ1) is 26.5. The van der Waals surface area contributed by atoms with E-state index in [2.05, 4.69) is 5.10 Å². The van der Waals surface area contributed by atoms with Gasteiger partial charge in [-0.1, -0.05) is 13.0 Å². The highest BCUT2D eigenvalue weighted by molar-refractivity contribution is 7.92. The van der Waals surface area contributed by atoms with Gasteiger partial charge in [-0.2, -0.15) is 31.4 Å². The van der Waals surface area contributed by atoms with Crippen LogP contribution >= 0.6 is 0 Å². The van der Waals surface area contributed by atoms with Gasteiger partial charge in [0.2, 0.25) is 0 Å². The van der Waals surface area contributed by atoms with Crippen molar-refractivity contribution < 1.29 is 44.6 Å². The standard InChI is InChI=1S/C21H24F6N2O4S/c1-13(12-30)11-29-16(9-18(28-29)21(25,26)27)17-10-19(2,6-7-33-17)34(31,32)15-5-3-4-14(8-15)20(22,23)24/h3-5,8-9,13,17,30H,6-7,10-12H2,1-2H3. The molecule has 6 nitrogen and oxygen atoms in total. The number of hydrogen-bond donors (Lipinski definition) is 1. The van der Waals surface area contributed by atoms with E-state index < -0.39 is 55.1 Å². The molecule has 2 aromatic rings. The molecule has 0 aliphatic carbocycles. The number of ether oxygens (including phenoxy) is 1. The normalized spacial score (nSPS) is 23.1. The second-order valence-corrected chi connectivity index (χ2v) is 11.2. The van der Waals surface area contributed by atoms with E-state index >= 15 is 0 Å². The van der Waals surface area contributed by atoms with Gasteiger partial charge in [0.15, 0.2) is 15.5 Å². The van der Waals surface area contributed by atoms with Crippen LogP contribution in [0.15, 0.2) is 35.2 Å². The third-order valence-corrected chi connectivity index (χ3v) is 8.46. The Morgan fingerprint density at radius 3 is 2.47 bits per heavy atom. The summed E-state index contributed by atoms with van der Waals surface area (Å²) in [6.07, 6.45) is -11.0. The lowest BCUT2D eigenvalue weighted by molar-refractivity contribution is -0.141. The summed E-state index contributed by atoms with van der Waals surface area (Å²) in [6.45, 7) is 2.43. The Kier molecular flexibility index (Phi) is 7.13. The van der Waals surface area contributed by atoms with Crippen LogP contribution in [0.4, 0.5) is 26.3 Å². The summed E-state index contributed by atoms with van der Waals surface area (Å²) in [4.78, 5) is -0.524. The SMILES string of the molecule is CC(CO)Cn1nc(C(F)(F)F)cc1C1CC(C)(S(=O)(=O)c2cccc(C(F)(F)F)c2)CCO1. The zero-order valence-corrected chi connectivity index (χ0v) is 19.1. The number of rotatable bonds is 6. The molecule has 13 heteroatoms. The molecule has 3 unspecified atom stereocenters. The van der Waals surface area contributed by atoms with Crippen molar-refractivity contribution in [1.82, 2.24) is 9.78 Å². The quantitative estimate of drug-likeness (QED) is 0.569. The van der Waals surface area contributed by atoms with Crippen molar-refractivity contribution in [2.75, 3.05) is 13.2 Å². The average Bonchev–Trinajstić information content (AvgIpc) is 3.17. The molecule has 1 aromatic carbocycles. The number of benzene rings is 1. The molecule has 1 aliphatic heterocycles. The number of aliphatic hydroxyl groups is 1. The Morgan fingerprint density at radius 1 is 1.21 bits per heavy atom. The largest absolute Gasteiger partial charge is 0.435 e. The molecule has 1 saturated heterocycles. The summed E-state index contributed by atoms with van der Waals surface area (Å²) in [7, 11) is -4.32. The van der Waals surface area contributed by atoms with Crippen LogP contribution in [-0.2, 0) is 33.5 Å². The Labute approximate surface area is 192 Å². The summed E-state index contributed by atoms with van der Waals surface area (Å²) in [5.74, 6) is -0.441. The summed E-state index contributed by atoms with van der Waals surface area (Å²) < 4.78 is 111. The molecular formula is C21H24F6N2O4S. The lowest BCUT2D eigenvalue weighted by atomic mass is 9.94. The van der Waals surface area contributed by atoms with Crippen LogP contribution in [0.3, 0.4) is 0 Å². The van der Waals surface area contributed by atoms with E-state index in [9.17, 15) is 39.9 Å². The predicted octanol–water partition coefficient (Wildman–Crippen LogP) is 4.63. The molecular weight excluding hydrogens is 490 g/mol. The van der Waals surface area contributed by atoms with E-state index in [4.69, 9.17) is 4.74 Å². The van der Waals surface area contributed by atoms with E-state index in [1.807, 2.05) is 0 Å². The molecule has 2 heterocycles. The fourth-order valence-electron chi connectivity index (χ4n) is 3.86. The molecule has 3 rings (SSSR count). The van der Waals surface area contributed by atoms with Crippen molar-refractivity contribution in [3.8, 4) is 0 Å². The van der Waals surface area contributed by atoms with E-state index in [1.54, 1.807) is 6.92 Å². The Balaban J connectivity index is 1.99. The highest BCUT2D eigenvalue weighted by Gasteiger charge is 2.47. The molecule has 1 aliphatic rings. The smallest absolute Gasteiger partial charge is 0.396 e. The van der Waals surface area contributed by atoms with Gasteiger partial charge in [0.05, 0.1) is 20.9 Å². The third-order valence-electron chi connectivity index (χ3n) is 5.92. The first-order chi connectivity index (χ1) is 15.6. The van der Waals surface area contributed by atoms with E-state index in [0.29, 0.717) is 6.07 Å². The molecule has 1 N–H and O–H groups in total. The molecule has 0 saturated carbocycles. The molecule has 0 spiro atoms. The zero-order chi connectivity index (χ0) is 25.5. The molecule has 3 atom stereocenters. The molecule has 1 fully saturated rings. The monoisotopic (exact) mass is 514 g/mol. The number of sulfone groups is 1. The van der Waals surface area contributed by atoms with Crippen molar-refractivity contribution in [2.24, 2.45) is 5.92 Å². The van der Waals surface area contributed by atoms with Gasteiger partial charge in [0.1, 0.15) is 6.10 Å². The van der Waals surface area contributed by atoms with Crippen molar-refractivity contribution in [3.63, 3.8) is 0 Å². The highest BCUT2D eigenvalue weighted by Crippen LogP contribution is 2.43. The summed E-state index contributed by atoms with van der Waals surface area (Å²) in [6, 6.07) is 4.15.